The minimum Gasteiger partial charge on any atom is -0.508 e. The number of aromatic hydroxyl groups is 1. The SMILES string of the molecule is CCc1ccc(C2=N[C@@](C)(CC(C)C)N[C@H](c3cc(Br)ccc3O)C2)cc1. The number of aliphatic imine (C=N–C) groups is 1. The molecule has 4 heteroatoms. The molecule has 2 N–H and O–H groups in total. The molecule has 3 rings (SSSR count). The average molecular weight is 429 g/mol. The predicted octanol–water partition coefficient (Wildman–Crippen LogP) is 6.00. The largest absolute Gasteiger partial charge is 0.508 e. The van der Waals surface area contributed by atoms with Crippen LogP contribution in [0.2, 0.25) is 0 Å². The first-order chi connectivity index (χ1) is 12.8. The maximum atomic E-state index is 10.5. The van der Waals surface area contributed by atoms with E-state index in [0.717, 1.165) is 35.0 Å². The second-order valence-corrected chi connectivity index (χ2v) is 9.00. The predicted molar refractivity (Wildman–Crippen MR) is 117 cm³/mol. The molecule has 27 heavy (non-hydrogen) atoms. The zero-order valence-corrected chi connectivity index (χ0v) is 18.2. The summed E-state index contributed by atoms with van der Waals surface area (Å²) in [7, 11) is 0. The Hall–Kier alpha value is -1.65. The van der Waals surface area contributed by atoms with Crippen molar-refractivity contribution in [3.05, 3.63) is 63.6 Å². The Labute approximate surface area is 171 Å². The molecule has 3 nitrogen and oxygen atoms in total. The zero-order valence-electron chi connectivity index (χ0n) is 16.6. The third-order valence-corrected chi connectivity index (χ3v) is 5.62. The van der Waals surface area contributed by atoms with Crippen molar-refractivity contribution in [3.8, 4) is 5.75 Å². The van der Waals surface area contributed by atoms with Gasteiger partial charge in [-0.2, -0.15) is 0 Å². The van der Waals surface area contributed by atoms with Crippen LogP contribution < -0.4 is 5.32 Å². The molecule has 0 radical (unpaired) electrons. The highest BCUT2D eigenvalue weighted by Crippen LogP contribution is 2.36. The summed E-state index contributed by atoms with van der Waals surface area (Å²) < 4.78 is 0.971. The first kappa shape index (κ1) is 20.1. The van der Waals surface area contributed by atoms with Crippen LogP contribution in [0.4, 0.5) is 0 Å². The van der Waals surface area contributed by atoms with Crippen LogP contribution in [0.1, 0.15) is 63.3 Å². The summed E-state index contributed by atoms with van der Waals surface area (Å²) in [6.45, 7) is 8.77. The van der Waals surface area contributed by atoms with Crippen LogP contribution in [0.5, 0.6) is 5.75 Å². The molecule has 0 bridgehead atoms. The molecule has 0 saturated heterocycles. The minimum absolute atomic E-state index is 0.0181. The molecule has 0 amide bonds. The Bertz CT molecular complexity index is 829. The van der Waals surface area contributed by atoms with Crippen LogP contribution in [0.25, 0.3) is 0 Å². The molecule has 1 aliphatic heterocycles. The number of rotatable bonds is 5. The lowest BCUT2D eigenvalue weighted by Gasteiger charge is -2.39. The van der Waals surface area contributed by atoms with E-state index in [1.807, 2.05) is 12.1 Å². The van der Waals surface area contributed by atoms with Gasteiger partial charge in [-0.15, -0.1) is 0 Å². The lowest BCUT2D eigenvalue weighted by molar-refractivity contribution is 0.257. The van der Waals surface area contributed by atoms with Crippen molar-refractivity contribution in [2.75, 3.05) is 0 Å². The fourth-order valence-electron chi connectivity index (χ4n) is 4.00. The molecule has 0 spiro atoms. The summed E-state index contributed by atoms with van der Waals surface area (Å²) in [4.78, 5) is 5.12. The number of nitrogens with zero attached hydrogens (tertiary/aromatic N) is 1. The van der Waals surface area contributed by atoms with Gasteiger partial charge in [-0.25, -0.2) is 0 Å². The van der Waals surface area contributed by atoms with Gasteiger partial charge in [0.25, 0.3) is 0 Å². The number of benzene rings is 2. The third-order valence-electron chi connectivity index (χ3n) is 5.13. The van der Waals surface area contributed by atoms with E-state index < -0.39 is 0 Å². The van der Waals surface area contributed by atoms with E-state index >= 15 is 0 Å². The number of aryl methyl sites for hydroxylation is 1. The molecule has 0 aromatic heterocycles. The fraction of sp³-hybridized carbons (Fsp3) is 0.435. The molecule has 1 heterocycles. The van der Waals surface area contributed by atoms with Crippen molar-refractivity contribution in [3.63, 3.8) is 0 Å². The normalized spacial score (nSPS) is 22.7. The fourth-order valence-corrected chi connectivity index (χ4v) is 4.38. The summed E-state index contributed by atoms with van der Waals surface area (Å²) in [5.74, 6) is 0.843. The van der Waals surface area contributed by atoms with E-state index in [9.17, 15) is 5.11 Å². The number of hydrogen-bond acceptors (Lipinski definition) is 3. The Balaban J connectivity index is 2.01. The van der Waals surface area contributed by atoms with Crippen molar-refractivity contribution in [2.24, 2.45) is 10.9 Å². The van der Waals surface area contributed by atoms with Crippen LogP contribution in [0.15, 0.2) is 51.9 Å². The summed E-state index contributed by atoms with van der Waals surface area (Å²) in [6.07, 6.45) is 2.73. The van der Waals surface area contributed by atoms with Crippen LogP contribution in [0.3, 0.4) is 0 Å². The molecule has 0 unspecified atom stereocenters. The van der Waals surface area contributed by atoms with E-state index in [0.29, 0.717) is 11.7 Å². The molecule has 2 atom stereocenters. The number of nitrogens with one attached hydrogen (secondary N) is 1. The smallest absolute Gasteiger partial charge is 0.120 e. The average Bonchev–Trinajstić information content (AvgIpc) is 2.62. The molecule has 2 aromatic rings. The molecule has 0 aliphatic carbocycles. The minimum atomic E-state index is -0.357. The van der Waals surface area contributed by atoms with Gasteiger partial charge in [0.2, 0.25) is 0 Å². The number of halogens is 1. The van der Waals surface area contributed by atoms with Gasteiger partial charge in [0.1, 0.15) is 11.4 Å². The van der Waals surface area contributed by atoms with Crippen molar-refractivity contribution in [1.82, 2.24) is 5.32 Å². The Kier molecular flexibility index (Phi) is 6.07. The van der Waals surface area contributed by atoms with Crippen LogP contribution in [-0.2, 0) is 6.42 Å². The quantitative estimate of drug-likeness (QED) is 0.612. The van der Waals surface area contributed by atoms with E-state index in [1.54, 1.807) is 6.07 Å². The molecular weight excluding hydrogens is 400 g/mol. The lowest BCUT2D eigenvalue weighted by Crippen LogP contribution is -2.48. The number of hydrogen-bond donors (Lipinski definition) is 2. The maximum absolute atomic E-state index is 10.5. The summed E-state index contributed by atoms with van der Waals surface area (Å²) in [5.41, 5.74) is 4.16. The number of phenolic OH excluding ortho intramolecular Hbond substituents is 1. The van der Waals surface area contributed by atoms with Crippen LogP contribution in [-0.4, -0.2) is 16.5 Å². The van der Waals surface area contributed by atoms with Gasteiger partial charge in [0.15, 0.2) is 0 Å². The van der Waals surface area contributed by atoms with Gasteiger partial charge in [0.05, 0.1) is 0 Å². The van der Waals surface area contributed by atoms with E-state index in [2.05, 4.69) is 73.2 Å². The zero-order chi connectivity index (χ0) is 19.6. The molecule has 1 aliphatic rings. The van der Waals surface area contributed by atoms with E-state index in [-0.39, 0.29) is 11.7 Å². The van der Waals surface area contributed by atoms with Crippen molar-refractivity contribution >= 4 is 21.6 Å². The Morgan fingerprint density at radius 3 is 2.56 bits per heavy atom. The molecule has 0 fully saturated rings. The highest BCUT2D eigenvalue weighted by Gasteiger charge is 2.35. The summed E-state index contributed by atoms with van der Waals surface area (Å²) in [5, 5.41) is 14.2. The van der Waals surface area contributed by atoms with Gasteiger partial charge in [-0.1, -0.05) is 61.0 Å². The van der Waals surface area contributed by atoms with Gasteiger partial charge >= 0.3 is 0 Å². The first-order valence-corrected chi connectivity index (χ1v) is 10.5. The second kappa shape index (κ2) is 8.15. The van der Waals surface area contributed by atoms with Crippen molar-refractivity contribution in [2.45, 2.75) is 58.7 Å². The standard InChI is InChI=1S/C23H29BrN2O/c1-5-16-6-8-17(9-7-16)20-13-21(19-12-18(24)10-11-22(19)27)26-23(4,25-20)14-15(2)3/h6-12,15,21,26-27H,5,13-14H2,1-4H3/t21-,23+/m0/s1. The van der Waals surface area contributed by atoms with E-state index in [1.165, 1.54) is 11.1 Å². The van der Waals surface area contributed by atoms with Gasteiger partial charge in [0, 0.05) is 28.2 Å². The van der Waals surface area contributed by atoms with E-state index in [4.69, 9.17) is 4.99 Å². The van der Waals surface area contributed by atoms with Gasteiger partial charge in [-0.05, 0) is 55.0 Å². The first-order valence-electron chi connectivity index (χ1n) is 9.74. The monoisotopic (exact) mass is 428 g/mol. The van der Waals surface area contributed by atoms with Gasteiger partial charge in [-0.3, -0.25) is 10.3 Å². The van der Waals surface area contributed by atoms with Crippen LogP contribution >= 0.6 is 15.9 Å². The Morgan fingerprint density at radius 1 is 1.22 bits per heavy atom. The molecule has 0 saturated carbocycles. The second-order valence-electron chi connectivity index (χ2n) is 8.08. The van der Waals surface area contributed by atoms with Crippen molar-refractivity contribution in [1.29, 1.82) is 0 Å². The van der Waals surface area contributed by atoms with Gasteiger partial charge < -0.3 is 5.11 Å². The highest BCUT2D eigenvalue weighted by atomic mass is 79.9. The third kappa shape index (κ3) is 4.80. The van der Waals surface area contributed by atoms with Crippen molar-refractivity contribution < 1.29 is 5.11 Å². The summed E-state index contributed by atoms with van der Waals surface area (Å²) in [6, 6.07) is 14.4. The van der Waals surface area contributed by atoms with Crippen LogP contribution in [0, 0.1) is 5.92 Å². The maximum Gasteiger partial charge on any atom is 0.120 e. The topological polar surface area (TPSA) is 44.6 Å². The number of phenols is 1. The molecule has 144 valence electrons. The molecule has 2 aromatic carbocycles. The summed E-state index contributed by atoms with van der Waals surface area (Å²) >= 11 is 3.54. The Morgan fingerprint density at radius 2 is 1.93 bits per heavy atom. The lowest BCUT2D eigenvalue weighted by atomic mass is 9.89. The highest BCUT2D eigenvalue weighted by molar-refractivity contribution is 9.10. The molecular formula is C23H29BrN2O.